The molecule has 0 spiro atoms. The summed E-state index contributed by atoms with van der Waals surface area (Å²) in [6.45, 7) is 6.76. The fourth-order valence-electron chi connectivity index (χ4n) is 2.98. The summed E-state index contributed by atoms with van der Waals surface area (Å²) in [5.41, 5.74) is 1.80. The van der Waals surface area contributed by atoms with Crippen molar-refractivity contribution in [3.8, 4) is 11.5 Å². The van der Waals surface area contributed by atoms with Crippen LogP contribution in [0.3, 0.4) is 0 Å². The van der Waals surface area contributed by atoms with Crippen molar-refractivity contribution in [2.24, 2.45) is 5.92 Å². The van der Waals surface area contributed by atoms with Gasteiger partial charge < -0.3 is 19.7 Å². The van der Waals surface area contributed by atoms with E-state index in [9.17, 15) is 9.59 Å². The molecule has 2 rings (SSSR count). The zero-order valence-corrected chi connectivity index (χ0v) is 18.5. The number of amides is 2. The Labute approximate surface area is 179 Å². The van der Waals surface area contributed by atoms with Gasteiger partial charge in [0.05, 0.1) is 20.6 Å². The number of nitrogens with one attached hydrogen (secondary N) is 1. The van der Waals surface area contributed by atoms with Gasteiger partial charge in [0, 0.05) is 13.1 Å². The lowest BCUT2D eigenvalue weighted by Crippen LogP contribution is -2.48. The van der Waals surface area contributed by atoms with Gasteiger partial charge in [-0.15, -0.1) is 0 Å². The fourth-order valence-corrected chi connectivity index (χ4v) is 2.98. The largest absolute Gasteiger partial charge is 0.497 e. The average molecular weight is 413 g/mol. The molecule has 0 radical (unpaired) electrons. The van der Waals surface area contributed by atoms with Crippen LogP contribution in [0.4, 0.5) is 0 Å². The van der Waals surface area contributed by atoms with E-state index >= 15 is 0 Å². The van der Waals surface area contributed by atoms with Crippen molar-refractivity contribution in [1.82, 2.24) is 10.2 Å². The minimum absolute atomic E-state index is 0.108. The molecule has 2 aromatic rings. The Morgan fingerprint density at radius 2 is 1.37 bits per heavy atom. The van der Waals surface area contributed by atoms with Gasteiger partial charge in [0.1, 0.15) is 17.5 Å². The molecule has 0 fully saturated rings. The minimum Gasteiger partial charge on any atom is -0.497 e. The monoisotopic (exact) mass is 412 g/mol. The number of carbonyl (C=O) groups excluding carboxylic acids is 2. The Balaban J connectivity index is 2.18. The summed E-state index contributed by atoms with van der Waals surface area (Å²) in [6, 6.07) is 14.3. The maximum absolute atomic E-state index is 13.2. The molecule has 2 aromatic carbocycles. The van der Waals surface area contributed by atoms with Crippen LogP contribution in [0.25, 0.3) is 0 Å². The summed E-state index contributed by atoms with van der Waals surface area (Å²) in [4.78, 5) is 27.5. The SMILES string of the molecule is COc1ccc(CC(=O)N(Cc2ccc(OC)cc2)[C@H](C)C(=O)NCC(C)C)cc1. The first-order chi connectivity index (χ1) is 14.3. The highest BCUT2D eigenvalue weighted by molar-refractivity contribution is 5.88. The highest BCUT2D eigenvalue weighted by atomic mass is 16.5. The van der Waals surface area contributed by atoms with Gasteiger partial charge in [-0.3, -0.25) is 9.59 Å². The Hall–Kier alpha value is -3.02. The van der Waals surface area contributed by atoms with Crippen molar-refractivity contribution >= 4 is 11.8 Å². The van der Waals surface area contributed by atoms with E-state index < -0.39 is 6.04 Å². The molecule has 0 aliphatic carbocycles. The van der Waals surface area contributed by atoms with Gasteiger partial charge in [0.2, 0.25) is 11.8 Å². The normalized spacial score (nSPS) is 11.7. The second kappa shape index (κ2) is 11.2. The van der Waals surface area contributed by atoms with Crippen LogP contribution >= 0.6 is 0 Å². The fraction of sp³-hybridized carbons (Fsp3) is 0.417. The lowest BCUT2D eigenvalue weighted by atomic mass is 10.1. The van der Waals surface area contributed by atoms with Gasteiger partial charge in [-0.1, -0.05) is 38.1 Å². The zero-order chi connectivity index (χ0) is 22.1. The molecule has 0 aliphatic rings. The van der Waals surface area contributed by atoms with Crippen LogP contribution < -0.4 is 14.8 Å². The number of carbonyl (C=O) groups is 2. The summed E-state index contributed by atoms with van der Waals surface area (Å²) in [7, 11) is 3.22. The molecule has 6 heteroatoms. The molecule has 0 unspecified atom stereocenters. The standard InChI is InChI=1S/C24H32N2O4/c1-17(2)15-25-24(28)18(3)26(16-20-8-12-22(30-5)13-9-20)23(27)14-19-6-10-21(29-4)11-7-19/h6-13,17-18H,14-16H2,1-5H3,(H,25,28)/t18-/m1/s1. The van der Waals surface area contributed by atoms with Crippen LogP contribution in [0.15, 0.2) is 48.5 Å². The van der Waals surface area contributed by atoms with Crippen molar-refractivity contribution < 1.29 is 19.1 Å². The molecule has 0 bridgehead atoms. The molecule has 0 saturated heterocycles. The van der Waals surface area contributed by atoms with Crippen molar-refractivity contribution in [3.63, 3.8) is 0 Å². The summed E-state index contributed by atoms with van der Waals surface area (Å²) < 4.78 is 10.4. The molecule has 1 atom stereocenters. The molecular formula is C24H32N2O4. The smallest absolute Gasteiger partial charge is 0.242 e. The Morgan fingerprint density at radius 3 is 1.83 bits per heavy atom. The van der Waals surface area contributed by atoms with Gasteiger partial charge in [-0.2, -0.15) is 0 Å². The third kappa shape index (κ3) is 6.79. The topological polar surface area (TPSA) is 67.9 Å². The quantitative estimate of drug-likeness (QED) is 0.649. The van der Waals surface area contributed by atoms with E-state index in [-0.39, 0.29) is 18.2 Å². The van der Waals surface area contributed by atoms with E-state index in [1.807, 2.05) is 62.4 Å². The highest BCUT2D eigenvalue weighted by Crippen LogP contribution is 2.17. The van der Waals surface area contributed by atoms with Crippen molar-refractivity contribution in [1.29, 1.82) is 0 Å². The third-order valence-corrected chi connectivity index (χ3v) is 4.88. The summed E-state index contributed by atoms with van der Waals surface area (Å²) in [5.74, 6) is 1.56. The summed E-state index contributed by atoms with van der Waals surface area (Å²) >= 11 is 0. The zero-order valence-electron chi connectivity index (χ0n) is 18.5. The molecular weight excluding hydrogens is 380 g/mol. The van der Waals surface area contributed by atoms with Crippen molar-refractivity contribution in [2.75, 3.05) is 20.8 Å². The Bertz CT molecular complexity index is 816. The van der Waals surface area contributed by atoms with Crippen molar-refractivity contribution in [3.05, 3.63) is 59.7 Å². The Kier molecular flexibility index (Phi) is 8.71. The number of hydrogen-bond acceptors (Lipinski definition) is 4. The van der Waals surface area contributed by atoms with Crippen LogP contribution in [-0.4, -0.2) is 43.5 Å². The minimum atomic E-state index is -0.586. The molecule has 6 nitrogen and oxygen atoms in total. The van der Waals surface area contributed by atoms with E-state index in [4.69, 9.17) is 9.47 Å². The first-order valence-corrected chi connectivity index (χ1v) is 10.2. The van der Waals surface area contributed by atoms with E-state index in [0.717, 1.165) is 22.6 Å². The van der Waals surface area contributed by atoms with Gasteiger partial charge in [-0.05, 0) is 48.2 Å². The maximum atomic E-state index is 13.2. The van der Waals surface area contributed by atoms with Crippen LogP contribution in [-0.2, 0) is 22.6 Å². The first kappa shape index (κ1) is 23.3. The van der Waals surface area contributed by atoms with Crippen LogP contribution in [0.1, 0.15) is 31.9 Å². The molecule has 0 saturated carbocycles. The molecule has 162 valence electrons. The molecule has 0 aromatic heterocycles. The second-order valence-electron chi connectivity index (χ2n) is 7.71. The predicted molar refractivity (Wildman–Crippen MR) is 118 cm³/mol. The van der Waals surface area contributed by atoms with E-state index in [2.05, 4.69) is 5.32 Å². The molecule has 0 aliphatic heterocycles. The van der Waals surface area contributed by atoms with E-state index in [1.165, 1.54) is 0 Å². The van der Waals surface area contributed by atoms with E-state index in [1.54, 1.807) is 26.0 Å². The molecule has 30 heavy (non-hydrogen) atoms. The number of hydrogen-bond donors (Lipinski definition) is 1. The first-order valence-electron chi connectivity index (χ1n) is 10.2. The van der Waals surface area contributed by atoms with E-state index in [0.29, 0.717) is 19.0 Å². The third-order valence-electron chi connectivity index (χ3n) is 4.88. The number of ether oxygens (including phenoxy) is 2. The van der Waals surface area contributed by atoms with Crippen LogP contribution in [0.5, 0.6) is 11.5 Å². The average Bonchev–Trinajstić information content (AvgIpc) is 2.76. The lowest BCUT2D eigenvalue weighted by Gasteiger charge is -2.29. The lowest BCUT2D eigenvalue weighted by molar-refractivity contribution is -0.140. The van der Waals surface area contributed by atoms with Gasteiger partial charge in [-0.25, -0.2) is 0 Å². The summed E-state index contributed by atoms with van der Waals surface area (Å²) in [6.07, 6.45) is 0.210. The number of benzene rings is 2. The number of rotatable bonds is 10. The highest BCUT2D eigenvalue weighted by Gasteiger charge is 2.26. The van der Waals surface area contributed by atoms with Crippen molar-refractivity contribution in [2.45, 2.75) is 39.8 Å². The van der Waals surface area contributed by atoms with Gasteiger partial charge in [0.15, 0.2) is 0 Å². The Morgan fingerprint density at radius 1 is 0.867 bits per heavy atom. The molecule has 2 amide bonds. The van der Waals surface area contributed by atoms with Gasteiger partial charge in [0.25, 0.3) is 0 Å². The van der Waals surface area contributed by atoms with Crippen LogP contribution in [0.2, 0.25) is 0 Å². The van der Waals surface area contributed by atoms with Crippen LogP contribution in [0, 0.1) is 5.92 Å². The number of nitrogens with zero attached hydrogens (tertiary/aromatic N) is 1. The predicted octanol–water partition coefficient (Wildman–Crippen LogP) is 3.44. The molecule has 0 heterocycles. The molecule has 1 N–H and O–H groups in total. The maximum Gasteiger partial charge on any atom is 0.242 e. The number of methoxy groups -OCH3 is 2. The second-order valence-corrected chi connectivity index (χ2v) is 7.71. The van der Waals surface area contributed by atoms with Gasteiger partial charge >= 0.3 is 0 Å². The summed E-state index contributed by atoms with van der Waals surface area (Å²) in [5, 5.41) is 2.93.